The molecule has 0 saturated carbocycles. The zero-order valence-electron chi connectivity index (χ0n) is 6.84. The first kappa shape index (κ1) is 9.00. The van der Waals surface area contributed by atoms with Crippen molar-refractivity contribution in [2.45, 2.75) is 6.92 Å². The van der Waals surface area contributed by atoms with Crippen LogP contribution in [-0.4, -0.2) is 13.4 Å². The molecule has 0 heterocycles. The van der Waals surface area contributed by atoms with Crippen molar-refractivity contribution in [3.8, 4) is 5.75 Å². The highest BCUT2D eigenvalue weighted by molar-refractivity contribution is 5.22. The molecule has 0 bridgehead atoms. The van der Waals surface area contributed by atoms with E-state index in [0.717, 1.165) is 0 Å². The fourth-order valence-corrected chi connectivity index (χ4v) is 0.701. The number of ether oxygens (including phenoxy) is 2. The molecule has 0 fully saturated rings. The second kappa shape index (κ2) is 4.72. The third-order valence-corrected chi connectivity index (χ3v) is 1.27. The standard InChI is InChI=1S/C9H10FO2/c1-2-11-7-12-9-6-4-3-5-8(9)10/h3-4,6H,2,7H2,1H3. The first-order chi connectivity index (χ1) is 5.84. The minimum atomic E-state index is -0.489. The molecule has 0 spiro atoms. The quantitative estimate of drug-likeness (QED) is 0.507. The molecule has 0 aliphatic carbocycles. The number of hydrogen-bond acceptors (Lipinski definition) is 2. The summed E-state index contributed by atoms with van der Waals surface area (Å²) in [6, 6.07) is 7.06. The maximum Gasteiger partial charge on any atom is 0.189 e. The largest absolute Gasteiger partial charge is 0.464 e. The molecular formula is C9H10FO2. The van der Waals surface area contributed by atoms with Crippen LogP contribution < -0.4 is 4.74 Å². The lowest BCUT2D eigenvalue weighted by atomic mass is 10.3. The van der Waals surface area contributed by atoms with Crippen LogP contribution >= 0.6 is 0 Å². The molecule has 2 nitrogen and oxygen atoms in total. The molecule has 0 unspecified atom stereocenters. The average molecular weight is 169 g/mol. The van der Waals surface area contributed by atoms with Crippen molar-refractivity contribution in [1.29, 1.82) is 0 Å². The number of benzene rings is 1. The molecule has 0 aromatic heterocycles. The summed E-state index contributed by atoms with van der Waals surface area (Å²) in [4.78, 5) is 0. The van der Waals surface area contributed by atoms with Crippen LogP contribution in [0.2, 0.25) is 0 Å². The molecule has 0 atom stereocenters. The normalized spacial score (nSPS) is 9.83. The number of halogens is 1. The van der Waals surface area contributed by atoms with Gasteiger partial charge in [-0.1, -0.05) is 12.1 Å². The van der Waals surface area contributed by atoms with Gasteiger partial charge in [-0.15, -0.1) is 0 Å². The molecule has 0 N–H and O–H groups in total. The number of rotatable bonds is 4. The molecule has 0 saturated heterocycles. The van der Waals surface area contributed by atoms with E-state index in [4.69, 9.17) is 9.47 Å². The minimum absolute atomic E-state index is 0.0747. The van der Waals surface area contributed by atoms with E-state index in [-0.39, 0.29) is 12.5 Å². The highest BCUT2D eigenvalue weighted by Crippen LogP contribution is 2.14. The molecule has 0 aliphatic heterocycles. The Labute approximate surface area is 70.9 Å². The molecule has 1 aromatic carbocycles. The highest BCUT2D eigenvalue weighted by Gasteiger charge is 1.99. The topological polar surface area (TPSA) is 18.5 Å². The van der Waals surface area contributed by atoms with Crippen LogP contribution in [0.3, 0.4) is 0 Å². The van der Waals surface area contributed by atoms with E-state index in [1.807, 2.05) is 6.92 Å². The van der Waals surface area contributed by atoms with Crippen molar-refractivity contribution >= 4 is 0 Å². The summed E-state index contributed by atoms with van der Waals surface area (Å²) in [6.07, 6.45) is 0. The van der Waals surface area contributed by atoms with Gasteiger partial charge in [0.25, 0.3) is 0 Å². The summed E-state index contributed by atoms with van der Waals surface area (Å²) in [5.41, 5.74) is 0. The fourth-order valence-electron chi connectivity index (χ4n) is 0.701. The van der Waals surface area contributed by atoms with Crippen LogP contribution in [0, 0.1) is 11.9 Å². The lowest BCUT2D eigenvalue weighted by molar-refractivity contribution is 0.0201. The second-order valence-corrected chi connectivity index (χ2v) is 2.10. The van der Waals surface area contributed by atoms with Crippen molar-refractivity contribution < 1.29 is 13.9 Å². The van der Waals surface area contributed by atoms with Crippen LogP contribution in [0.5, 0.6) is 5.75 Å². The Hall–Kier alpha value is -1.09. The van der Waals surface area contributed by atoms with Crippen LogP contribution in [0.25, 0.3) is 0 Å². The van der Waals surface area contributed by atoms with Gasteiger partial charge in [0.1, 0.15) is 0 Å². The zero-order valence-corrected chi connectivity index (χ0v) is 6.84. The van der Waals surface area contributed by atoms with Gasteiger partial charge in [0, 0.05) is 12.7 Å². The van der Waals surface area contributed by atoms with E-state index >= 15 is 0 Å². The van der Waals surface area contributed by atoms with Gasteiger partial charge in [-0.2, -0.15) is 0 Å². The molecule has 0 aliphatic rings. The Bertz CT molecular complexity index is 238. The van der Waals surface area contributed by atoms with Gasteiger partial charge in [0.2, 0.25) is 0 Å². The summed E-state index contributed by atoms with van der Waals surface area (Å²) < 4.78 is 22.6. The summed E-state index contributed by atoms with van der Waals surface area (Å²) >= 11 is 0. The zero-order chi connectivity index (χ0) is 8.81. The van der Waals surface area contributed by atoms with Crippen LogP contribution in [0.15, 0.2) is 18.2 Å². The number of hydrogen-bond donors (Lipinski definition) is 0. The van der Waals surface area contributed by atoms with Crippen molar-refractivity contribution in [2.75, 3.05) is 13.4 Å². The third-order valence-electron chi connectivity index (χ3n) is 1.27. The lowest BCUT2D eigenvalue weighted by Crippen LogP contribution is -2.03. The second-order valence-electron chi connectivity index (χ2n) is 2.10. The van der Waals surface area contributed by atoms with Gasteiger partial charge in [-0.25, -0.2) is 4.39 Å². The molecule has 3 heteroatoms. The third kappa shape index (κ3) is 2.51. The van der Waals surface area contributed by atoms with Crippen molar-refractivity contribution in [3.63, 3.8) is 0 Å². The Kier molecular flexibility index (Phi) is 3.54. The maximum atomic E-state index is 12.8. The Morgan fingerprint density at radius 1 is 1.58 bits per heavy atom. The molecule has 1 radical (unpaired) electrons. The molecular weight excluding hydrogens is 159 g/mol. The van der Waals surface area contributed by atoms with Crippen molar-refractivity contribution in [2.24, 2.45) is 0 Å². The summed E-state index contributed by atoms with van der Waals surface area (Å²) in [7, 11) is 0. The van der Waals surface area contributed by atoms with Crippen LogP contribution in [0.1, 0.15) is 6.92 Å². The highest BCUT2D eigenvalue weighted by atomic mass is 19.1. The van der Waals surface area contributed by atoms with Crippen molar-refractivity contribution in [1.82, 2.24) is 0 Å². The first-order valence-electron chi connectivity index (χ1n) is 3.71. The lowest BCUT2D eigenvalue weighted by Gasteiger charge is -2.05. The summed E-state index contributed by atoms with van der Waals surface area (Å²) in [6.45, 7) is 2.47. The average Bonchev–Trinajstić information content (AvgIpc) is 2.09. The molecule has 1 aromatic rings. The van der Waals surface area contributed by atoms with Crippen molar-refractivity contribution in [3.05, 3.63) is 30.1 Å². The molecule has 65 valence electrons. The van der Waals surface area contributed by atoms with E-state index in [2.05, 4.69) is 6.07 Å². The monoisotopic (exact) mass is 169 g/mol. The van der Waals surface area contributed by atoms with E-state index in [9.17, 15) is 4.39 Å². The van der Waals surface area contributed by atoms with Gasteiger partial charge < -0.3 is 9.47 Å². The van der Waals surface area contributed by atoms with Crippen LogP contribution in [0.4, 0.5) is 4.39 Å². The van der Waals surface area contributed by atoms with Gasteiger partial charge in [0.15, 0.2) is 18.4 Å². The molecule has 0 amide bonds. The van der Waals surface area contributed by atoms with Gasteiger partial charge in [0.05, 0.1) is 0 Å². The smallest absolute Gasteiger partial charge is 0.189 e. The summed E-state index contributed by atoms with van der Waals surface area (Å²) in [5, 5.41) is 0. The molecule has 1 rings (SSSR count). The van der Waals surface area contributed by atoms with E-state index in [0.29, 0.717) is 6.61 Å². The fraction of sp³-hybridized carbons (Fsp3) is 0.333. The van der Waals surface area contributed by atoms with Gasteiger partial charge in [-0.05, 0) is 13.0 Å². The SMILES string of the molecule is CCOCOc1ccc[c]c1F. The first-order valence-corrected chi connectivity index (χ1v) is 3.71. The van der Waals surface area contributed by atoms with Gasteiger partial charge in [-0.3, -0.25) is 0 Å². The van der Waals surface area contributed by atoms with E-state index < -0.39 is 5.82 Å². The minimum Gasteiger partial charge on any atom is -0.464 e. The Balaban J connectivity index is 2.46. The maximum absolute atomic E-state index is 12.8. The Morgan fingerprint density at radius 2 is 2.42 bits per heavy atom. The summed E-state index contributed by atoms with van der Waals surface area (Å²) in [5.74, 6) is -0.317. The Morgan fingerprint density at radius 3 is 3.08 bits per heavy atom. The van der Waals surface area contributed by atoms with Gasteiger partial charge >= 0.3 is 0 Å². The predicted octanol–water partition coefficient (Wildman–Crippen LogP) is 2.00. The van der Waals surface area contributed by atoms with E-state index in [1.165, 1.54) is 12.1 Å². The molecule has 12 heavy (non-hydrogen) atoms. The van der Waals surface area contributed by atoms with Crippen LogP contribution in [-0.2, 0) is 4.74 Å². The predicted molar refractivity (Wildman–Crippen MR) is 42.4 cm³/mol. The van der Waals surface area contributed by atoms with E-state index in [1.54, 1.807) is 6.07 Å².